The van der Waals surface area contributed by atoms with Crippen LogP contribution in [0.25, 0.3) is 0 Å². The van der Waals surface area contributed by atoms with Crippen LogP contribution in [-0.4, -0.2) is 49.2 Å². The fraction of sp³-hybridized carbons (Fsp3) is 0.812. The highest BCUT2D eigenvalue weighted by Gasteiger charge is 2.20. The van der Waals surface area contributed by atoms with Gasteiger partial charge in [0.15, 0.2) is 0 Å². The van der Waals surface area contributed by atoms with Gasteiger partial charge in [0.1, 0.15) is 6.26 Å². The third-order valence-corrected chi connectivity index (χ3v) is 3.66. The maximum absolute atomic E-state index is 5.63. The molecule has 1 aliphatic heterocycles. The molecule has 0 spiro atoms. The summed E-state index contributed by atoms with van der Waals surface area (Å²) in [6.45, 7) is 16.2. The van der Waals surface area contributed by atoms with E-state index >= 15 is 0 Å². The van der Waals surface area contributed by atoms with Crippen molar-refractivity contribution in [1.29, 1.82) is 0 Å². The van der Waals surface area contributed by atoms with Crippen LogP contribution in [0.4, 0.5) is 6.01 Å². The molecule has 1 fully saturated rings. The van der Waals surface area contributed by atoms with Gasteiger partial charge in [-0.2, -0.15) is 4.98 Å². The van der Waals surface area contributed by atoms with Crippen molar-refractivity contribution >= 4 is 6.01 Å². The van der Waals surface area contributed by atoms with E-state index in [2.05, 4.69) is 47.8 Å². The van der Waals surface area contributed by atoms with Gasteiger partial charge in [-0.3, -0.25) is 4.90 Å². The molecule has 0 aliphatic carbocycles. The van der Waals surface area contributed by atoms with Crippen molar-refractivity contribution in [1.82, 2.24) is 15.2 Å². The molecule has 0 bridgehead atoms. The molecule has 120 valence electrons. The van der Waals surface area contributed by atoms with Crippen LogP contribution in [0.5, 0.6) is 0 Å². The van der Waals surface area contributed by atoms with Gasteiger partial charge < -0.3 is 14.6 Å². The second kappa shape index (κ2) is 7.80. The van der Waals surface area contributed by atoms with Gasteiger partial charge in [0.2, 0.25) is 0 Å². The van der Waals surface area contributed by atoms with Gasteiger partial charge in [0.05, 0.1) is 5.69 Å². The SMILES string of the molecule is CC(C)CNCc1coc(N2CCN(CC(C)C)CC2)n1. The van der Waals surface area contributed by atoms with Crippen LogP contribution in [0.15, 0.2) is 10.7 Å². The highest BCUT2D eigenvalue weighted by atomic mass is 16.4. The van der Waals surface area contributed by atoms with Gasteiger partial charge in [-0.05, 0) is 18.4 Å². The van der Waals surface area contributed by atoms with Gasteiger partial charge >= 0.3 is 0 Å². The van der Waals surface area contributed by atoms with Crippen molar-refractivity contribution in [2.45, 2.75) is 34.2 Å². The summed E-state index contributed by atoms with van der Waals surface area (Å²) in [5, 5.41) is 3.40. The summed E-state index contributed by atoms with van der Waals surface area (Å²) in [6, 6.07) is 0.778. The monoisotopic (exact) mass is 294 g/mol. The highest BCUT2D eigenvalue weighted by Crippen LogP contribution is 2.16. The summed E-state index contributed by atoms with van der Waals surface area (Å²) in [7, 11) is 0. The van der Waals surface area contributed by atoms with E-state index < -0.39 is 0 Å². The van der Waals surface area contributed by atoms with Crippen molar-refractivity contribution in [3.63, 3.8) is 0 Å². The Bertz CT molecular complexity index is 408. The zero-order valence-electron chi connectivity index (χ0n) is 13.9. The van der Waals surface area contributed by atoms with E-state index in [0.29, 0.717) is 5.92 Å². The Morgan fingerprint density at radius 3 is 2.48 bits per heavy atom. The Balaban J connectivity index is 1.77. The van der Waals surface area contributed by atoms with Crippen molar-refractivity contribution < 1.29 is 4.42 Å². The van der Waals surface area contributed by atoms with Gasteiger partial charge in [0.25, 0.3) is 6.01 Å². The molecule has 5 nitrogen and oxygen atoms in total. The minimum Gasteiger partial charge on any atom is -0.432 e. The van der Waals surface area contributed by atoms with E-state index in [0.717, 1.165) is 56.9 Å². The molecule has 0 atom stereocenters. The number of aromatic nitrogens is 1. The normalized spacial score (nSPS) is 17.1. The quantitative estimate of drug-likeness (QED) is 0.835. The van der Waals surface area contributed by atoms with Crippen LogP contribution in [0.3, 0.4) is 0 Å². The molecule has 0 amide bonds. The van der Waals surface area contributed by atoms with Gasteiger partial charge in [-0.1, -0.05) is 27.7 Å². The van der Waals surface area contributed by atoms with E-state index in [1.807, 2.05) is 0 Å². The number of anilines is 1. The second-order valence-electron chi connectivity index (χ2n) is 6.83. The molecular formula is C16H30N4O. The molecule has 0 aromatic carbocycles. The standard InChI is InChI=1S/C16H30N4O/c1-13(2)9-17-10-15-12-21-16(18-15)20-7-5-19(6-8-20)11-14(3)4/h12-14,17H,5-11H2,1-4H3. The number of nitrogens with zero attached hydrogens (tertiary/aromatic N) is 3. The molecule has 0 unspecified atom stereocenters. The van der Waals surface area contributed by atoms with Gasteiger partial charge in [-0.25, -0.2) is 0 Å². The van der Waals surface area contributed by atoms with Crippen LogP contribution >= 0.6 is 0 Å². The Labute approximate surface area is 128 Å². The fourth-order valence-electron chi connectivity index (χ4n) is 2.65. The Hall–Kier alpha value is -1.07. The molecule has 5 heteroatoms. The highest BCUT2D eigenvalue weighted by molar-refractivity contribution is 5.27. The van der Waals surface area contributed by atoms with Crippen molar-refractivity contribution in [2.24, 2.45) is 11.8 Å². The first kappa shape index (κ1) is 16.3. The zero-order valence-corrected chi connectivity index (χ0v) is 13.9. The minimum absolute atomic E-state index is 0.658. The predicted molar refractivity (Wildman–Crippen MR) is 86.5 cm³/mol. The molecular weight excluding hydrogens is 264 g/mol. The largest absolute Gasteiger partial charge is 0.432 e. The molecule has 2 heterocycles. The lowest BCUT2D eigenvalue weighted by molar-refractivity contribution is 0.227. The Morgan fingerprint density at radius 1 is 1.14 bits per heavy atom. The second-order valence-corrected chi connectivity index (χ2v) is 6.83. The average Bonchev–Trinajstić information content (AvgIpc) is 2.87. The third kappa shape index (κ3) is 5.32. The minimum atomic E-state index is 0.658. The van der Waals surface area contributed by atoms with E-state index in [1.165, 1.54) is 6.54 Å². The molecule has 1 saturated heterocycles. The maximum atomic E-state index is 5.63. The van der Waals surface area contributed by atoms with Gasteiger partial charge in [-0.15, -0.1) is 0 Å². The number of piperazine rings is 1. The van der Waals surface area contributed by atoms with E-state index in [4.69, 9.17) is 4.42 Å². The van der Waals surface area contributed by atoms with Crippen molar-refractivity contribution in [3.05, 3.63) is 12.0 Å². The molecule has 0 radical (unpaired) electrons. The average molecular weight is 294 g/mol. The molecule has 0 saturated carbocycles. The number of hydrogen-bond acceptors (Lipinski definition) is 5. The Morgan fingerprint density at radius 2 is 1.86 bits per heavy atom. The summed E-state index contributed by atoms with van der Waals surface area (Å²) in [4.78, 5) is 9.37. The molecule has 1 aromatic heterocycles. The van der Waals surface area contributed by atoms with E-state index in [9.17, 15) is 0 Å². The zero-order chi connectivity index (χ0) is 15.2. The third-order valence-electron chi connectivity index (χ3n) is 3.66. The van der Waals surface area contributed by atoms with Crippen molar-refractivity contribution in [2.75, 3.05) is 44.2 Å². The maximum Gasteiger partial charge on any atom is 0.297 e. The molecule has 21 heavy (non-hydrogen) atoms. The Kier molecular flexibility index (Phi) is 6.06. The number of rotatable bonds is 7. The first-order valence-corrected chi connectivity index (χ1v) is 8.17. The lowest BCUT2D eigenvalue weighted by atomic mass is 10.2. The lowest BCUT2D eigenvalue weighted by Gasteiger charge is -2.34. The summed E-state index contributed by atoms with van der Waals surface area (Å²) in [5.41, 5.74) is 0.996. The first-order valence-electron chi connectivity index (χ1n) is 8.17. The van der Waals surface area contributed by atoms with Crippen LogP contribution in [0.1, 0.15) is 33.4 Å². The molecule has 1 aromatic rings. The predicted octanol–water partition coefficient (Wildman–Crippen LogP) is 2.20. The summed E-state index contributed by atoms with van der Waals surface area (Å²) in [6.07, 6.45) is 1.78. The number of nitrogens with one attached hydrogen (secondary N) is 1. The molecule has 2 rings (SSSR count). The van der Waals surface area contributed by atoms with Crippen LogP contribution in [-0.2, 0) is 6.54 Å². The summed E-state index contributed by atoms with van der Waals surface area (Å²) >= 11 is 0. The molecule has 1 N–H and O–H groups in total. The topological polar surface area (TPSA) is 44.5 Å². The molecule has 1 aliphatic rings. The van der Waals surface area contributed by atoms with Crippen LogP contribution < -0.4 is 10.2 Å². The van der Waals surface area contributed by atoms with E-state index in [1.54, 1.807) is 6.26 Å². The van der Waals surface area contributed by atoms with Crippen LogP contribution in [0, 0.1) is 11.8 Å². The van der Waals surface area contributed by atoms with Gasteiger partial charge in [0, 0.05) is 39.3 Å². The summed E-state index contributed by atoms with van der Waals surface area (Å²) in [5.74, 6) is 1.39. The first-order chi connectivity index (χ1) is 10.0. The van der Waals surface area contributed by atoms with Crippen molar-refractivity contribution in [3.8, 4) is 0 Å². The van der Waals surface area contributed by atoms with Crippen LogP contribution in [0.2, 0.25) is 0 Å². The van der Waals surface area contributed by atoms with E-state index in [-0.39, 0.29) is 0 Å². The lowest BCUT2D eigenvalue weighted by Crippen LogP contribution is -2.47. The smallest absolute Gasteiger partial charge is 0.297 e. The fourth-order valence-corrected chi connectivity index (χ4v) is 2.65. The number of hydrogen-bond donors (Lipinski definition) is 1. The number of oxazole rings is 1. The summed E-state index contributed by atoms with van der Waals surface area (Å²) < 4.78 is 5.63.